The molecule has 134 valence electrons. The largest absolute Gasteiger partial charge is 0.280 e. The summed E-state index contributed by atoms with van der Waals surface area (Å²) >= 11 is 1.26. The molecule has 0 saturated heterocycles. The van der Waals surface area contributed by atoms with E-state index < -0.39 is 11.8 Å². The lowest BCUT2D eigenvalue weighted by molar-refractivity contribution is -0.121. The maximum absolute atomic E-state index is 12.9. The predicted molar refractivity (Wildman–Crippen MR) is 97.3 cm³/mol. The van der Waals surface area contributed by atoms with E-state index >= 15 is 0 Å². The number of amides is 2. The fraction of sp³-hybridized carbons (Fsp3) is 0.222. The van der Waals surface area contributed by atoms with Crippen LogP contribution in [0.3, 0.4) is 0 Å². The molecule has 6 nitrogen and oxygen atoms in total. The molecule has 0 aliphatic heterocycles. The fourth-order valence-electron chi connectivity index (χ4n) is 2.71. The zero-order valence-corrected chi connectivity index (χ0v) is 15.3. The van der Waals surface area contributed by atoms with Crippen LogP contribution < -0.4 is 10.9 Å². The van der Waals surface area contributed by atoms with E-state index in [0.29, 0.717) is 16.3 Å². The molecule has 0 fully saturated rings. The number of aryl methyl sites for hydroxylation is 3. The van der Waals surface area contributed by atoms with Gasteiger partial charge < -0.3 is 0 Å². The highest BCUT2D eigenvalue weighted by Gasteiger charge is 2.19. The van der Waals surface area contributed by atoms with Crippen molar-refractivity contribution in [2.75, 3.05) is 0 Å². The molecule has 26 heavy (non-hydrogen) atoms. The number of carbonyl (C=O) groups excluding carboxylic acids is 2. The number of rotatable bonds is 3. The lowest BCUT2D eigenvalue weighted by Gasteiger charge is -2.07. The Morgan fingerprint density at radius 3 is 2.46 bits per heavy atom. The van der Waals surface area contributed by atoms with Gasteiger partial charge in [-0.25, -0.2) is 14.4 Å². The summed E-state index contributed by atoms with van der Waals surface area (Å²) in [5.74, 6) is -0.516. The van der Waals surface area contributed by atoms with Crippen LogP contribution in [0.1, 0.15) is 32.3 Å². The van der Waals surface area contributed by atoms with E-state index in [-0.39, 0.29) is 12.2 Å². The summed E-state index contributed by atoms with van der Waals surface area (Å²) in [4.78, 5) is 34.3. The quantitative estimate of drug-likeness (QED) is 0.693. The number of hydrogen-bond acceptors (Lipinski definition) is 5. The molecule has 0 radical (unpaired) electrons. The van der Waals surface area contributed by atoms with Crippen LogP contribution in [0.5, 0.6) is 0 Å². The zero-order valence-electron chi connectivity index (χ0n) is 14.5. The minimum absolute atomic E-state index is 0.0374. The summed E-state index contributed by atoms with van der Waals surface area (Å²) < 4.78 is 12.9. The first-order chi connectivity index (χ1) is 12.3. The Balaban J connectivity index is 1.69. The molecule has 1 aromatic carbocycles. The van der Waals surface area contributed by atoms with Crippen molar-refractivity contribution in [1.82, 2.24) is 20.8 Å². The van der Waals surface area contributed by atoms with Crippen molar-refractivity contribution in [3.8, 4) is 0 Å². The number of aromatic nitrogens is 2. The predicted octanol–water partition coefficient (Wildman–Crippen LogP) is 2.76. The summed E-state index contributed by atoms with van der Waals surface area (Å²) in [5.41, 5.74) is 7.05. The van der Waals surface area contributed by atoms with Gasteiger partial charge in [-0.2, -0.15) is 0 Å². The molecule has 0 bridgehead atoms. The Bertz CT molecular complexity index is 999. The van der Waals surface area contributed by atoms with Crippen LogP contribution in [0.15, 0.2) is 24.3 Å². The third kappa shape index (κ3) is 3.70. The molecule has 0 saturated carbocycles. The van der Waals surface area contributed by atoms with E-state index in [4.69, 9.17) is 0 Å². The van der Waals surface area contributed by atoms with Gasteiger partial charge in [0, 0.05) is 11.1 Å². The SMILES string of the molecule is Cc1nc(C)c2c(C)c(C(=O)NNC(=O)Cc3ccc(F)cc3)sc2n1. The van der Waals surface area contributed by atoms with Crippen molar-refractivity contribution in [3.63, 3.8) is 0 Å². The minimum Gasteiger partial charge on any atom is -0.273 e. The number of thiophene rings is 1. The highest BCUT2D eigenvalue weighted by molar-refractivity contribution is 7.20. The molecule has 0 unspecified atom stereocenters. The van der Waals surface area contributed by atoms with E-state index in [0.717, 1.165) is 21.5 Å². The van der Waals surface area contributed by atoms with Crippen molar-refractivity contribution in [2.45, 2.75) is 27.2 Å². The third-order valence-corrected chi connectivity index (χ3v) is 5.07. The Kier molecular flexibility index (Phi) is 4.94. The van der Waals surface area contributed by atoms with Crippen LogP contribution in [0.2, 0.25) is 0 Å². The zero-order chi connectivity index (χ0) is 18.8. The molecule has 3 aromatic rings. The van der Waals surface area contributed by atoms with Crippen molar-refractivity contribution < 1.29 is 14.0 Å². The molecule has 0 spiro atoms. The average molecular weight is 372 g/mol. The van der Waals surface area contributed by atoms with Gasteiger partial charge in [-0.1, -0.05) is 12.1 Å². The molecule has 0 aliphatic carbocycles. The molecular formula is C18H17FN4O2S. The van der Waals surface area contributed by atoms with E-state index in [1.165, 1.54) is 35.6 Å². The summed E-state index contributed by atoms with van der Waals surface area (Å²) in [5, 5.41) is 0.864. The molecule has 0 atom stereocenters. The Morgan fingerprint density at radius 1 is 1.08 bits per heavy atom. The van der Waals surface area contributed by atoms with Gasteiger partial charge in [0.25, 0.3) is 5.91 Å². The first kappa shape index (κ1) is 17.9. The normalized spacial score (nSPS) is 10.8. The van der Waals surface area contributed by atoms with Crippen LogP contribution >= 0.6 is 11.3 Å². The molecule has 2 aromatic heterocycles. The first-order valence-corrected chi connectivity index (χ1v) is 8.74. The molecule has 2 heterocycles. The number of benzene rings is 1. The maximum Gasteiger partial charge on any atom is 0.280 e. The van der Waals surface area contributed by atoms with E-state index in [1.54, 1.807) is 6.92 Å². The van der Waals surface area contributed by atoms with Crippen LogP contribution in [-0.2, 0) is 11.2 Å². The van der Waals surface area contributed by atoms with Gasteiger partial charge in [-0.3, -0.25) is 20.4 Å². The van der Waals surface area contributed by atoms with E-state index in [2.05, 4.69) is 20.8 Å². The second-order valence-electron chi connectivity index (χ2n) is 5.90. The summed E-state index contributed by atoms with van der Waals surface area (Å²) in [6.07, 6.45) is 0.0374. The average Bonchev–Trinajstić information content (AvgIpc) is 2.91. The molecular weight excluding hydrogens is 355 g/mol. The topological polar surface area (TPSA) is 84.0 Å². The van der Waals surface area contributed by atoms with Crippen LogP contribution in [0, 0.1) is 26.6 Å². The lowest BCUT2D eigenvalue weighted by atomic mass is 10.1. The van der Waals surface area contributed by atoms with Gasteiger partial charge in [0.1, 0.15) is 16.5 Å². The standard InChI is InChI=1S/C18H17FN4O2S/c1-9-15-10(2)20-11(3)21-18(15)26-16(9)17(25)23-22-14(24)8-12-4-6-13(19)7-5-12/h4-7H,8H2,1-3H3,(H,22,24)(H,23,25). The summed E-state index contributed by atoms with van der Waals surface area (Å²) in [6.45, 7) is 5.51. The first-order valence-electron chi connectivity index (χ1n) is 7.93. The molecule has 8 heteroatoms. The molecule has 2 N–H and O–H groups in total. The van der Waals surface area contributed by atoms with Crippen molar-refractivity contribution in [2.24, 2.45) is 0 Å². The van der Waals surface area contributed by atoms with Gasteiger partial charge >= 0.3 is 0 Å². The number of nitrogens with one attached hydrogen (secondary N) is 2. The number of hydrogen-bond donors (Lipinski definition) is 2. The van der Waals surface area contributed by atoms with Crippen LogP contribution in [-0.4, -0.2) is 21.8 Å². The van der Waals surface area contributed by atoms with Crippen LogP contribution in [0.4, 0.5) is 4.39 Å². The second kappa shape index (κ2) is 7.17. The van der Waals surface area contributed by atoms with Gasteiger partial charge in [0.05, 0.1) is 11.3 Å². The Morgan fingerprint density at radius 2 is 1.77 bits per heavy atom. The Hall–Kier alpha value is -2.87. The van der Waals surface area contributed by atoms with Crippen molar-refractivity contribution in [3.05, 3.63) is 57.6 Å². The lowest BCUT2D eigenvalue weighted by Crippen LogP contribution is -2.42. The maximum atomic E-state index is 12.9. The minimum atomic E-state index is -0.407. The van der Waals surface area contributed by atoms with Gasteiger partial charge in [0.2, 0.25) is 5.91 Å². The van der Waals surface area contributed by atoms with E-state index in [1.807, 2.05) is 13.8 Å². The number of nitrogens with zero attached hydrogens (tertiary/aromatic N) is 2. The monoisotopic (exact) mass is 372 g/mol. The fourth-order valence-corrected chi connectivity index (χ4v) is 3.88. The smallest absolute Gasteiger partial charge is 0.273 e. The number of carbonyl (C=O) groups is 2. The summed E-state index contributed by atoms with van der Waals surface area (Å²) in [7, 11) is 0. The number of halogens is 1. The molecule has 2 amide bonds. The van der Waals surface area contributed by atoms with E-state index in [9.17, 15) is 14.0 Å². The Labute approximate surface area is 153 Å². The second-order valence-corrected chi connectivity index (χ2v) is 6.90. The molecule has 0 aliphatic rings. The van der Waals surface area contributed by atoms with Crippen molar-refractivity contribution in [1.29, 1.82) is 0 Å². The van der Waals surface area contributed by atoms with Crippen molar-refractivity contribution >= 4 is 33.4 Å². The number of hydrazine groups is 1. The third-order valence-electron chi connectivity index (χ3n) is 3.88. The highest BCUT2D eigenvalue weighted by Crippen LogP contribution is 2.30. The van der Waals surface area contributed by atoms with Gasteiger partial charge in [-0.05, 0) is 44.0 Å². The molecule has 3 rings (SSSR count). The van der Waals surface area contributed by atoms with Crippen LogP contribution in [0.25, 0.3) is 10.2 Å². The summed E-state index contributed by atoms with van der Waals surface area (Å²) in [6, 6.07) is 5.62. The highest BCUT2D eigenvalue weighted by atomic mass is 32.1. The van der Waals surface area contributed by atoms with Gasteiger partial charge in [-0.15, -0.1) is 11.3 Å². The number of fused-ring (bicyclic) bond motifs is 1. The van der Waals surface area contributed by atoms with Gasteiger partial charge in [0.15, 0.2) is 0 Å².